The van der Waals surface area contributed by atoms with E-state index in [0.29, 0.717) is 10.7 Å². The van der Waals surface area contributed by atoms with E-state index in [1.165, 1.54) is 11.3 Å². The molecule has 1 amide bonds. The van der Waals surface area contributed by atoms with Crippen molar-refractivity contribution in [2.45, 2.75) is 19.9 Å². The second kappa shape index (κ2) is 5.21. The molecule has 0 unspecified atom stereocenters. The van der Waals surface area contributed by atoms with Gasteiger partial charge in [-0.2, -0.15) is 0 Å². The van der Waals surface area contributed by atoms with Crippen LogP contribution in [0.15, 0.2) is 36.0 Å². The monoisotopic (exact) mass is 301 g/mol. The molecule has 0 aliphatic heterocycles. The van der Waals surface area contributed by atoms with E-state index >= 15 is 0 Å². The summed E-state index contributed by atoms with van der Waals surface area (Å²) in [6.45, 7) is 4.07. The minimum absolute atomic E-state index is 0.189. The number of hydrogen-bond donors (Lipinski definition) is 2. The lowest BCUT2D eigenvalue weighted by Gasteiger charge is -2.08. The molecule has 1 aromatic carbocycles. The Kier molecular flexibility index (Phi) is 3.39. The number of nitrogens with one attached hydrogen (secondary N) is 1. The van der Waals surface area contributed by atoms with Crippen molar-refractivity contribution >= 4 is 33.3 Å². The number of phenols is 1. The number of benzene rings is 1. The van der Waals surface area contributed by atoms with Crippen LogP contribution in [0.25, 0.3) is 10.9 Å². The van der Waals surface area contributed by atoms with Gasteiger partial charge in [0.15, 0.2) is 5.13 Å². The summed E-state index contributed by atoms with van der Waals surface area (Å²) < 4.78 is 1.98. The predicted octanol–water partition coefficient (Wildman–Crippen LogP) is 3.64. The molecule has 0 saturated heterocycles. The number of aromatic nitrogens is 2. The maximum absolute atomic E-state index is 12.4. The number of hydrogen-bond acceptors (Lipinski definition) is 4. The molecule has 108 valence electrons. The average molecular weight is 301 g/mol. The van der Waals surface area contributed by atoms with Crippen LogP contribution in [0.2, 0.25) is 0 Å². The fraction of sp³-hybridized carbons (Fsp3) is 0.200. The van der Waals surface area contributed by atoms with Crippen LogP contribution in [-0.2, 0) is 0 Å². The van der Waals surface area contributed by atoms with Gasteiger partial charge < -0.3 is 9.67 Å². The molecular formula is C15H15N3O2S. The zero-order chi connectivity index (χ0) is 15.0. The lowest BCUT2D eigenvalue weighted by molar-refractivity contribution is 0.102. The maximum atomic E-state index is 12.4. The molecule has 5 nitrogen and oxygen atoms in total. The smallest absolute Gasteiger partial charge is 0.259 e. The van der Waals surface area contributed by atoms with Crippen LogP contribution in [0.5, 0.6) is 5.75 Å². The summed E-state index contributed by atoms with van der Waals surface area (Å²) in [5, 5.41) is 15.7. The number of thiazole rings is 1. The topological polar surface area (TPSA) is 67.2 Å². The number of carbonyl (C=O) groups is 1. The van der Waals surface area contributed by atoms with Crippen LogP contribution in [0.1, 0.15) is 30.2 Å². The van der Waals surface area contributed by atoms with Crippen molar-refractivity contribution in [1.82, 2.24) is 9.55 Å². The van der Waals surface area contributed by atoms with Crippen LogP contribution in [-0.4, -0.2) is 20.6 Å². The Morgan fingerprint density at radius 2 is 2.24 bits per heavy atom. The summed E-state index contributed by atoms with van der Waals surface area (Å²) in [7, 11) is 0. The fourth-order valence-electron chi connectivity index (χ4n) is 2.30. The van der Waals surface area contributed by atoms with E-state index < -0.39 is 0 Å². The molecule has 2 aromatic heterocycles. The molecule has 0 saturated carbocycles. The molecule has 21 heavy (non-hydrogen) atoms. The highest BCUT2D eigenvalue weighted by Crippen LogP contribution is 2.28. The molecule has 0 bridgehead atoms. The summed E-state index contributed by atoms with van der Waals surface area (Å²) in [5.74, 6) is -0.00517. The largest absolute Gasteiger partial charge is 0.508 e. The van der Waals surface area contributed by atoms with Gasteiger partial charge in [0, 0.05) is 35.3 Å². The van der Waals surface area contributed by atoms with Gasteiger partial charge in [-0.15, -0.1) is 11.3 Å². The Hall–Kier alpha value is -2.34. The summed E-state index contributed by atoms with van der Waals surface area (Å²) >= 11 is 1.38. The van der Waals surface area contributed by atoms with Crippen molar-refractivity contribution in [2.24, 2.45) is 0 Å². The van der Waals surface area contributed by atoms with Crippen LogP contribution >= 0.6 is 11.3 Å². The summed E-state index contributed by atoms with van der Waals surface area (Å²) in [5.41, 5.74) is 1.42. The Morgan fingerprint density at radius 3 is 2.90 bits per heavy atom. The highest BCUT2D eigenvalue weighted by atomic mass is 32.1. The molecule has 6 heteroatoms. The molecule has 2 heterocycles. The highest BCUT2D eigenvalue weighted by molar-refractivity contribution is 7.13. The van der Waals surface area contributed by atoms with Crippen molar-refractivity contribution in [3.8, 4) is 5.75 Å². The van der Waals surface area contributed by atoms with Gasteiger partial charge in [0.1, 0.15) is 5.75 Å². The van der Waals surface area contributed by atoms with Crippen molar-refractivity contribution in [3.05, 3.63) is 41.5 Å². The van der Waals surface area contributed by atoms with Crippen molar-refractivity contribution in [3.63, 3.8) is 0 Å². The van der Waals surface area contributed by atoms with Crippen LogP contribution in [0, 0.1) is 0 Å². The van der Waals surface area contributed by atoms with E-state index in [9.17, 15) is 9.90 Å². The molecule has 3 rings (SSSR count). The first kappa shape index (κ1) is 13.6. The summed E-state index contributed by atoms with van der Waals surface area (Å²) in [6.07, 6.45) is 3.47. The van der Waals surface area contributed by atoms with Gasteiger partial charge in [-0.3, -0.25) is 10.1 Å². The zero-order valence-corrected chi connectivity index (χ0v) is 12.5. The Labute approximate surface area is 125 Å². The lowest BCUT2D eigenvalue weighted by atomic mass is 10.1. The third-order valence-corrected chi connectivity index (χ3v) is 3.96. The molecule has 0 fully saturated rings. The number of nitrogens with zero attached hydrogens (tertiary/aromatic N) is 2. The number of rotatable bonds is 3. The second-order valence-electron chi connectivity index (χ2n) is 5.04. The molecular weight excluding hydrogens is 286 g/mol. The van der Waals surface area contributed by atoms with Gasteiger partial charge in [0.2, 0.25) is 0 Å². The number of anilines is 1. The van der Waals surface area contributed by atoms with Gasteiger partial charge in [0.05, 0.1) is 11.1 Å². The van der Waals surface area contributed by atoms with Crippen LogP contribution in [0.3, 0.4) is 0 Å². The van der Waals surface area contributed by atoms with Crippen LogP contribution in [0.4, 0.5) is 5.13 Å². The molecule has 0 radical (unpaired) electrons. The second-order valence-corrected chi connectivity index (χ2v) is 5.93. The number of phenolic OH excluding ortho intramolecular Hbond substituents is 1. The van der Waals surface area contributed by atoms with Crippen LogP contribution < -0.4 is 5.32 Å². The average Bonchev–Trinajstić information content (AvgIpc) is 3.05. The third kappa shape index (κ3) is 2.50. The number of carbonyl (C=O) groups excluding carboxylic acids is 1. The molecule has 0 spiro atoms. The fourth-order valence-corrected chi connectivity index (χ4v) is 2.82. The summed E-state index contributed by atoms with van der Waals surface area (Å²) in [6, 6.07) is 5.22. The molecule has 0 aliphatic carbocycles. The molecule has 0 atom stereocenters. The van der Waals surface area contributed by atoms with Crippen molar-refractivity contribution < 1.29 is 9.90 Å². The van der Waals surface area contributed by atoms with Crippen molar-refractivity contribution in [2.75, 3.05) is 5.32 Å². The van der Waals surface area contributed by atoms with E-state index in [1.807, 2.05) is 30.0 Å². The Bertz CT molecular complexity index is 791. The summed E-state index contributed by atoms with van der Waals surface area (Å²) in [4.78, 5) is 16.5. The Balaban J connectivity index is 2.08. The van der Waals surface area contributed by atoms with Gasteiger partial charge >= 0.3 is 0 Å². The van der Waals surface area contributed by atoms with E-state index in [-0.39, 0.29) is 17.7 Å². The minimum Gasteiger partial charge on any atom is -0.508 e. The van der Waals surface area contributed by atoms with Gasteiger partial charge in [0.25, 0.3) is 5.91 Å². The lowest BCUT2D eigenvalue weighted by Crippen LogP contribution is -2.11. The standard InChI is InChI=1S/C15H15N3O2S/c1-9(2)18-8-12(11-4-3-10(19)7-13(11)18)14(20)17-15-16-5-6-21-15/h3-9,19H,1-2H3,(H,16,17,20). The maximum Gasteiger partial charge on any atom is 0.259 e. The third-order valence-electron chi connectivity index (χ3n) is 3.27. The van der Waals surface area contributed by atoms with E-state index in [0.717, 1.165) is 10.9 Å². The predicted molar refractivity (Wildman–Crippen MR) is 84.1 cm³/mol. The molecule has 3 aromatic rings. The van der Waals surface area contributed by atoms with E-state index in [4.69, 9.17) is 0 Å². The van der Waals surface area contributed by atoms with Gasteiger partial charge in [-0.1, -0.05) is 0 Å². The van der Waals surface area contributed by atoms with Gasteiger partial charge in [-0.05, 0) is 26.0 Å². The normalized spacial score (nSPS) is 11.2. The quantitative estimate of drug-likeness (QED) is 0.776. The first-order valence-electron chi connectivity index (χ1n) is 6.60. The van der Waals surface area contributed by atoms with E-state index in [1.54, 1.807) is 24.4 Å². The minimum atomic E-state index is -0.194. The first-order chi connectivity index (χ1) is 10.1. The molecule has 0 aliphatic rings. The number of aromatic hydroxyl groups is 1. The SMILES string of the molecule is CC(C)n1cc(C(=O)Nc2nccs2)c2ccc(O)cc21. The Morgan fingerprint density at radius 1 is 1.43 bits per heavy atom. The number of amides is 1. The first-order valence-corrected chi connectivity index (χ1v) is 7.48. The van der Waals surface area contributed by atoms with Crippen molar-refractivity contribution in [1.29, 1.82) is 0 Å². The highest BCUT2D eigenvalue weighted by Gasteiger charge is 2.17. The van der Waals surface area contributed by atoms with E-state index in [2.05, 4.69) is 10.3 Å². The number of fused-ring (bicyclic) bond motifs is 1. The molecule has 2 N–H and O–H groups in total. The zero-order valence-electron chi connectivity index (χ0n) is 11.7. The van der Waals surface area contributed by atoms with Gasteiger partial charge in [-0.25, -0.2) is 4.98 Å².